The van der Waals surface area contributed by atoms with E-state index in [2.05, 4.69) is 21.2 Å². The van der Waals surface area contributed by atoms with E-state index in [9.17, 15) is 4.79 Å². The van der Waals surface area contributed by atoms with Crippen molar-refractivity contribution in [1.82, 2.24) is 5.32 Å². The van der Waals surface area contributed by atoms with E-state index in [1.807, 2.05) is 0 Å². The van der Waals surface area contributed by atoms with Crippen LogP contribution >= 0.6 is 27.5 Å². The van der Waals surface area contributed by atoms with Crippen LogP contribution in [0.5, 0.6) is 0 Å². The van der Waals surface area contributed by atoms with Gasteiger partial charge in [-0.15, -0.1) is 0 Å². The van der Waals surface area contributed by atoms with Crippen LogP contribution < -0.4 is 11.1 Å². The number of likely N-dealkylation sites (N-methyl/N-ethyl adjacent to an activating group) is 1. The van der Waals surface area contributed by atoms with Crippen LogP contribution in [-0.2, 0) is 4.79 Å². The normalized spacial score (nSPS) is 12.5. The number of nitrogens with two attached hydrogens (primary N) is 1. The quantitative estimate of drug-likeness (QED) is 0.886. The average molecular weight is 278 g/mol. The molecule has 0 aliphatic carbocycles. The molecule has 1 amide bonds. The largest absolute Gasteiger partial charge is 0.368 e. The number of nitrogens with one attached hydrogen (secondary N) is 1. The van der Waals surface area contributed by atoms with Crippen molar-refractivity contribution in [1.29, 1.82) is 0 Å². The van der Waals surface area contributed by atoms with Gasteiger partial charge in [0.15, 0.2) is 0 Å². The van der Waals surface area contributed by atoms with E-state index in [-0.39, 0.29) is 0 Å². The van der Waals surface area contributed by atoms with Crippen LogP contribution in [0, 0.1) is 0 Å². The Morgan fingerprint density at radius 1 is 1.64 bits per heavy atom. The Labute approximate surface area is 95.7 Å². The Morgan fingerprint density at radius 3 is 2.71 bits per heavy atom. The lowest BCUT2D eigenvalue weighted by molar-refractivity contribution is -0.120. The second-order valence-corrected chi connectivity index (χ2v) is 4.06. The van der Waals surface area contributed by atoms with Crippen molar-refractivity contribution >= 4 is 33.4 Å². The fourth-order valence-electron chi connectivity index (χ4n) is 1.17. The van der Waals surface area contributed by atoms with Crippen molar-refractivity contribution < 1.29 is 4.79 Å². The van der Waals surface area contributed by atoms with Gasteiger partial charge < -0.3 is 11.1 Å². The van der Waals surface area contributed by atoms with Gasteiger partial charge in [-0.25, -0.2) is 0 Å². The lowest BCUT2D eigenvalue weighted by Crippen LogP contribution is -2.31. The first-order valence-electron chi connectivity index (χ1n) is 3.97. The number of primary amides is 1. The predicted molar refractivity (Wildman–Crippen MR) is 60.1 cm³/mol. The Kier molecular flexibility index (Phi) is 3.92. The first kappa shape index (κ1) is 11.5. The number of benzene rings is 1. The van der Waals surface area contributed by atoms with Gasteiger partial charge in [-0.2, -0.15) is 0 Å². The summed E-state index contributed by atoms with van der Waals surface area (Å²) in [5.74, 6) is -0.425. The summed E-state index contributed by atoms with van der Waals surface area (Å²) in [6, 6.07) is 4.78. The molecule has 0 bridgehead atoms. The third kappa shape index (κ3) is 2.47. The highest BCUT2D eigenvalue weighted by atomic mass is 79.9. The summed E-state index contributed by atoms with van der Waals surface area (Å²) in [5, 5.41) is 3.38. The third-order valence-corrected chi connectivity index (χ3v) is 3.08. The van der Waals surface area contributed by atoms with Gasteiger partial charge in [0.2, 0.25) is 5.91 Å². The van der Waals surface area contributed by atoms with Crippen molar-refractivity contribution in [2.75, 3.05) is 7.05 Å². The molecule has 0 radical (unpaired) electrons. The molecule has 3 N–H and O–H groups in total. The number of halogens is 2. The van der Waals surface area contributed by atoms with Gasteiger partial charge in [0.1, 0.15) is 6.04 Å². The molecule has 1 aromatic rings. The van der Waals surface area contributed by atoms with Gasteiger partial charge in [0, 0.05) is 4.47 Å². The average Bonchev–Trinajstić information content (AvgIpc) is 2.11. The van der Waals surface area contributed by atoms with Gasteiger partial charge in [-0.1, -0.05) is 17.7 Å². The molecular formula is C9H10BrClN2O. The lowest BCUT2D eigenvalue weighted by atomic mass is 10.1. The second-order valence-electron chi connectivity index (χ2n) is 2.80. The van der Waals surface area contributed by atoms with Crippen LogP contribution in [0.4, 0.5) is 0 Å². The summed E-state index contributed by atoms with van der Waals surface area (Å²) < 4.78 is 0.794. The molecule has 1 unspecified atom stereocenters. The first-order chi connectivity index (χ1) is 6.56. The molecule has 14 heavy (non-hydrogen) atoms. The highest BCUT2D eigenvalue weighted by Crippen LogP contribution is 2.25. The minimum Gasteiger partial charge on any atom is -0.368 e. The number of carbonyl (C=O) groups excluding carboxylic acids is 1. The van der Waals surface area contributed by atoms with Crippen LogP contribution in [0.15, 0.2) is 22.7 Å². The molecule has 3 nitrogen and oxygen atoms in total. The molecule has 76 valence electrons. The van der Waals surface area contributed by atoms with E-state index >= 15 is 0 Å². The first-order valence-corrected chi connectivity index (χ1v) is 5.15. The smallest absolute Gasteiger partial charge is 0.239 e. The number of hydrogen-bond acceptors (Lipinski definition) is 2. The van der Waals surface area contributed by atoms with Crippen LogP contribution in [0.2, 0.25) is 5.02 Å². The van der Waals surface area contributed by atoms with E-state index < -0.39 is 11.9 Å². The minimum absolute atomic E-state index is 0.425. The summed E-state index contributed by atoms with van der Waals surface area (Å²) in [4.78, 5) is 11.0. The van der Waals surface area contributed by atoms with Crippen molar-refractivity contribution in [2.24, 2.45) is 5.73 Å². The fraction of sp³-hybridized carbons (Fsp3) is 0.222. The number of hydrogen-bond donors (Lipinski definition) is 2. The molecule has 1 aromatic carbocycles. The zero-order chi connectivity index (χ0) is 10.7. The summed E-state index contributed by atoms with van der Waals surface area (Å²) in [7, 11) is 1.67. The highest BCUT2D eigenvalue weighted by Gasteiger charge is 2.15. The molecule has 1 atom stereocenters. The standard InChI is InChI=1S/C9H10BrClN2O/c1-13-8(9(12)14)5-2-3-6(10)7(11)4-5/h2-4,8,13H,1H3,(H2,12,14). The van der Waals surface area contributed by atoms with Crippen molar-refractivity contribution in [2.45, 2.75) is 6.04 Å². The van der Waals surface area contributed by atoms with Gasteiger partial charge in [-0.05, 0) is 40.7 Å². The topological polar surface area (TPSA) is 55.1 Å². The van der Waals surface area contributed by atoms with Gasteiger partial charge in [0.05, 0.1) is 5.02 Å². The highest BCUT2D eigenvalue weighted by molar-refractivity contribution is 9.10. The predicted octanol–water partition coefficient (Wildman–Crippen LogP) is 1.85. The maximum Gasteiger partial charge on any atom is 0.239 e. The van der Waals surface area contributed by atoms with E-state index in [1.165, 1.54) is 0 Å². The SMILES string of the molecule is CNC(C(N)=O)c1ccc(Br)c(Cl)c1. The molecule has 0 fully saturated rings. The van der Waals surface area contributed by atoms with Crippen LogP contribution in [0.25, 0.3) is 0 Å². The minimum atomic E-state index is -0.499. The van der Waals surface area contributed by atoms with E-state index in [0.717, 1.165) is 10.0 Å². The Morgan fingerprint density at radius 2 is 2.29 bits per heavy atom. The Bertz CT molecular complexity index is 357. The molecule has 0 aromatic heterocycles. The molecule has 0 saturated carbocycles. The van der Waals surface area contributed by atoms with Crippen LogP contribution in [-0.4, -0.2) is 13.0 Å². The number of carbonyl (C=O) groups is 1. The van der Waals surface area contributed by atoms with E-state index in [0.29, 0.717) is 5.02 Å². The van der Waals surface area contributed by atoms with Gasteiger partial charge >= 0.3 is 0 Å². The van der Waals surface area contributed by atoms with Crippen molar-refractivity contribution in [3.05, 3.63) is 33.3 Å². The Hall–Kier alpha value is -0.580. The monoisotopic (exact) mass is 276 g/mol. The summed E-state index contributed by atoms with van der Waals surface area (Å²) >= 11 is 9.16. The summed E-state index contributed by atoms with van der Waals surface area (Å²) in [5.41, 5.74) is 5.97. The maximum atomic E-state index is 11.0. The zero-order valence-corrected chi connectivity index (χ0v) is 9.89. The fourth-order valence-corrected chi connectivity index (χ4v) is 1.60. The number of rotatable bonds is 3. The van der Waals surface area contributed by atoms with Crippen LogP contribution in [0.1, 0.15) is 11.6 Å². The summed E-state index contributed by atoms with van der Waals surface area (Å²) in [6.07, 6.45) is 0. The van der Waals surface area contributed by atoms with Crippen molar-refractivity contribution in [3.63, 3.8) is 0 Å². The third-order valence-electron chi connectivity index (χ3n) is 1.85. The Balaban J connectivity index is 3.06. The molecule has 0 aliphatic rings. The zero-order valence-electron chi connectivity index (χ0n) is 7.55. The van der Waals surface area contributed by atoms with E-state index in [1.54, 1.807) is 25.2 Å². The maximum absolute atomic E-state index is 11.0. The molecule has 0 spiro atoms. The number of amides is 1. The molecule has 0 aliphatic heterocycles. The molecule has 0 heterocycles. The van der Waals surface area contributed by atoms with Crippen molar-refractivity contribution in [3.8, 4) is 0 Å². The summed E-state index contributed by atoms with van der Waals surface area (Å²) in [6.45, 7) is 0. The molecular weight excluding hydrogens is 267 g/mol. The molecule has 0 saturated heterocycles. The second kappa shape index (κ2) is 4.77. The lowest BCUT2D eigenvalue weighted by Gasteiger charge is -2.12. The molecule has 5 heteroatoms. The van der Waals surface area contributed by atoms with E-state index in [4.69, 9.17) is 17.3 Å². The van der Waals surface area contributed by atoms with Crippen LogP contribution in [0.3, 0.4) is 0 Å². The molecule has 1 rings (SSSR count). The van der Waals surface area contributed by atoms with Gasteiger partial charge in [0.25, 0.3) is 0 Å². The van der Waals surface area contributed by atoms with Gasteiger partial charge in [-0.3, -0.25) is 4.79 Å².